The molecule has 0 spiro atoms. The van der Waals surface area contributed by atoms with Crippen molar-refractivity contribution in [1.29, 1.82) is 0 Å². The Balaban J connectivity index is 0.825. The molecule has 7 aromatic rings. The summed E-state index contributed by atoms with van der Waals surface area (Å²) >= 11 is 0. The highest BCUT2D eigenvalue weighted by Gasteiger charge is 2.57. The number of piperidine rings is 1. The molecule has 2 saturated heterocycles. The van der Waals surface area contributed by atoms with Gasteiger partial charge in [0, 0.05) is 73.7 Å². The van der Waals surface area contributed by atoms with Crippen molar-refractivity contribution in [2.75, 3.05) is 19.6 Å². The first kappa shape index (κ1) is 55.8. The Bertz CT molecular complexity index is 3300. The summed E-state index contributed by atoms with van der Waals surface area (Å²) < 4.78 is 17.4. The molecule has 4 aromatic carbocycles. The molecule has 9 rings (SSSR count). The van der Waals surface area contributed by atoms with Crippen LogP contribution in [-0.4, -0.2) is 112 Å². The second kappa shape index (κ2) is 23.6. The molecular weight excluding hydrogens is 1000 g/mol. The van der Waals surface area contributed by atoms with Crippen molar-refractivity contribution in [3.63, 3.8) is 0 Å². The van der Waals surface area contributed by atoms with Crippen LogP contribution in [0.2, 0.25) is 0 Å². The highest BCUT2D eigenvalue weighted by atomic mass is 16.7. The van der Waals surface area contributed by atoms with Crippen molar-refractivity contribution in [3.05, 3.63) is 150 Å². The number of carbonyl (C=O) groups is 4. The second-order valence-electron chi connectivity index (χ2n) is 22.2. The van der Waals surface area contributed by atoms with E-state index in [-0.39, 0.29) is 58.9 Å². The molecule has 18 nitrogen and oxygen atoms in total. The van der Waals surface area contributed by atoms with Crippen molar-refractivity contribution in [2.24, 2.45) is 11.8 Å². The van der Waals surface area contributed by atoms with Crippen LogP contribution in [0.5, 0.6) is 11.5 Å². The predicted molar refractivity (Wildman–Crippen MR) is 302 cm³/mol. The average Bonchev–Trinajstić information content (AvgIpc) is 4.36. The molecule has 2 fully saturated rings. The third-order valence-corrected chi connectivity index (χ3v) is 15.6. The lowest BCUT2D eigenvalue weighted by atomic mass is 9.73. The van der Waals surface area contributed by atoms with Crippen molar-refractivity contribution >= 4 is 41.7 Å². The molecule has 0 bridgehead atoms. The first-order valence-electron chi connectivity index (χ1n) is 27.4. The van der Waals surface area contributed by atoms with E-state index >= 15 is 0 Å². The van der Waals surface area contributed by atoms with Gasteiger partial charge in [-0.15, -0.1) is 10.2 Å². The first-order valence-corrected chi connectivity index (χ1v) is 27.4. The summed E-state index contributed by atoms with van der Waals surface area (Å²) in [7, 11) is -0.825. The SMILES string of the molecule is CCNC(=O)c1nnc(-c2cc(C(C)C)c(O)cc2O)n1-c1ccc2c(ccn2CCC2CCN(C(=O)c3ccc(C4(C)OB([C@H](CC(C)C)NC(=O)[C@H](Cc5ccccc5)NC(=O)c5cnccn5)OC4(C)C)cc3)CC2)c1. The predicted octanol–water partition coefficient (Wildman–Crippen LogP) is 8.55. The van der Waals surface area contributed by atoms with E-state index in [1.165, 1.54) is 24.7 Å². The number of benzene rings is 4. The molecule has 0 radical (unpaired) electrons. The van der Waals surface area contributed by atoms with Gasteiger partial charge in [0.25, 0.3) is 17.7 Å². The van der Waals surface area contributed by atoms with Gasteiger partial charge in [0.2, 0.25) is 11.7 Å². The van der Waals surface area contributed by atoms with E-state index in [4.69, 9.17) is 9.31 Å². The molecular formula is C60H71BN10O8. The van der Waals surface area contributed by atoms with Gasteiger partial charge in [0.1, 0.15) is 28.8 Å². The molecule has 0 aliphatic carbocycles. The van der Waals surface area contributed by atoms with Crippen LogP contribution in [0, 0.1) is 11.8 Å². The van der Waals surface area contributed by atoms with E-state index < -0.39 is 42.1 Å². The van der Waals surface area contributed by atoms with Gasteiger partial charge < -0.3 is 44.9 Å². The number of nitrogens with zero attached hydrogens (tertiary/aromatic N) is 7. The van der Waals surface area contributed by atoms with Gasteiger partial charge in [-0.1, -0.05) is 70.2 Å². The summed E-state index contributed by atoms with van der Waals surface area (Å²) in [5.41, 5.74) is 3.25. The lowest BCUT2D eigenvalue weighted by Gasteiger charge is -2.37. The van der Waals surface area contributed by atoms with Gasteiger partial charge >= 0.3 is 7.12 Å². The van der Waals surface area contributed by atoms with Crippen LogP contribution in [0.1, 0.15) is 135 Å². The zero-order chi connectivity index (χ0) is 56.2. The first-order chi connectivity index (χ1) is 37.8. The summed E-state index contributed by atoms with van der Waals surface area (Å²) in [4.78, 5) is 64.9. The number of likely N-dealkylation sites (tertiary alicyclic amines) is 1. The zero-order valence-corrected chi connectivity index (χ0v) is 46.3. The molecule has 79 heavy (non-hydrogen) atoms. The second-order valence-corrected chi connectivity index (χ2v) is 22.2. The Labute approximate surface area is 461 Å². The number of nitrogens with one attached hydrogen (secondary N) is 3. The fourth-order valence-electron chi connectivity index (χ4n) is 10.8. The molecule has 2 aliphatic rings. The Hall–Kier alpha value is -7.90. The number of carbonyl (C=O) groups excluding carboxylic acids is 4. The molecule has 19 heteroatoms. The maximum atomic E-state index is 14.2. The highest BCUT2D eigenvalue weighted by Crippen LogP contribution is 2.46. The fourth-order valence-corrected chi connectivity index (χ4v) is 10.8. The van der Waals surface area contributed by atoms with Crippen molar-refractivity contribution in [1.82, 2.24) is 50.1 Å². The van der Waals surface area contributed by atoms with Crippen molar-refractivity contribution in [2.45, 2.75) is 123 Å². The Morgan fingerprint density at radius 1 is 0.835 bits per heavy atom. The lowest BCUT2D eigenvalue weighted by molar-refractivity contribution is -0.123. The molecule has 3 aromatic heterocycles. The van der Waals surface area contributed by atoms with E-state index in [1.807, 2.05) is 125 Å². The molecule has 5 heterocycles. The van der Waals surface area contributed by atoms with Gasteiger partial charge in [0.15, 0.2) is 5.82 Å². The number of aromatic nitrogens is 6. The quantitative estimate of drug-likeness (QED) is 0.0480. The minimum atomic E-state index is -0.955. The van der Waals surface area contributed by atoms with Gasteiger partial charge in [-0.05, 0) is 130 Å². The lowest BCUT2D eigenvalue weighted by Crippen LogP contribution is -2.55. The monoisotopic (exact) mass is 1070 g/mol. The maximum absolute atomic E-state index is 14.2. The molecule has 0 saturated carbocycles. The number of aromatic hydroxyl groups is 2. The molecule has 1 unspecified atom stereocenters. The van der Waals surface area contributed by atoms with Crippen molar-refractivity contribution in [3.8, 4) is 28.6 Å². The number of rotatable bonds is 19. The highest BCUT2D eigenvalue weighted by molar-refractivity contribution is 6.48. The number of fused-ring (bicyclic) bond motifs is 1. The number of phenols is 2. The normalized spacial score (nSPS) is 17.3. The van der Waals surface area contributed by atoms with Crippen LogP contribution in [-0.2, 0) is 32.7 Å². The summed E-state index contributed by atoms with van der Waals surface area (Å²) in [5, 5.41) is 40.1. The topological polar surface area (TPSA) is 228 Å². The zero-order valence-electron chi connectivity index (χ0n) is 46.3. The molecule has 4 amide bonds. The Morgan fingerprint density at radius 3 is 2.27 bits per heavy atom. The van der Waals surface area contributed by atoms with Crippen LogP contribution in [0.15, 0.2) is 116 Å². The number of aryl methyl sites for hydroxylation is 1. The number of hydrogen-bond acceptors (Lipinski definition) is 12. The van der Waals surface area contributed by atoms with E-state index in [2.05, 4.69) is 60.7 Å². The summed E-state index contributed by atoms with van der Waals surface area (Å²) in [6.45, 7) is 18.2. The van der Waals surface area contributed by atoms with Gasteiger partial charge in [0.05, 0.1) is 29.0 Å². The van der Waals surface area contributed by atoms with Gasteiger partial charge in [-0.2, -0.15) is 0 Å². The van der Waals surface area contributed by atoms with Crippen molar-refractivity contribution < 1.29 is 38.7 Å². The van der Waals surface area contributed by atoms with Crippen LogP contribution >= 0.6 is 0 Å². The number of hydrogen-bond donors (Lipinski definition) is 5. The standard InChI is InChI=1S/C60H71BN10O8/c1-9-63-57(76)54-68-67-53(46-34-45(38(4)5)50(72)35-51(46)73)71(54)44-19-20-49-42(33-44)24-30-69(49)27-21-39-22-28-70(29-23-39)58(77)41-15-17-43(18-16-41)60(8)59(6,7)78-61(79-60)52(31-37(2)3)66-55(74)47(32-40-13-11-10-12-14-40)65-56(75)48-36-62-25-26-64-48/h10-20,24-26,30,33-39,47,52,72-73H,9,21-23,27-29,31-32H2,1-8H3,(H,63,76)(H,65,75)(H,66,74)/t47-,52-,60?/m0/s1. The fraction of sp³-hybridized carbons (Fsp3) is 0.400. The van der Waals surface area contributed by atoms with E-state index in [0.717, 1.165) is 47.8 Å². The largest absolute Gasteiger partial charge is 0.508 e. The number of phenolic OH excluding ortho intramolecular Hbond substituents is 2. The third-order valence-electron chi connectivity index (χ3n) is 15.6. The summed E-state index contributed by atoms with van der Waals surface area (Å²) in [6.07, 6.45) is 9.82. The smallest absolute Gasteiger partial charge is 0.482 e. The molecule has 3 atom stereocenters. The maximum Gasteiger partial charge on any atom is 0.482 e. The van der Waals surface area contributed by atoms with Crippen LogP contribution in [0.4, 0.5) is 0 Å². The average molecular weight is 1070 g/mol. The Morgan fingerprint density at radius 2 is 1.58 bits per heavy atom. The van der Waals surface area contributed by atoms with Crippen LogP contribution < -0.4 is 16.0 Å². The third kappa shape index (κ3) is 12.1. The number of amides is 4. The van der Waals surface area contributed by atoms with E-state index in [0.29, 0.717) is 54.4 Å². The summed E-state index contributed by atoms with van der Waals surface area (Å²) in [5.74, 6) is -1.19. The van der Waals surface area contributed by atoms with Gasteiger partial charge in [-0.25, -0.2) is 4.98 Å². The minimum Gasteiger partial charge on any atom is -0.508 e. The summed E-state index contributed by atoms with van der Waals surface area (Å²) in [6, 6.07) is 27.1. The molecule has 2 aliphatic heterocycles. The van der Waals surface area contributed by atoms with Gasteiger partial charge in [-0.3, -0.25) is 28.7 Å². The Kier molecular flexibility index (Phi) is 16.7. The van der Waals surface area contributed by atoms with E-state index in [1.54, 1.807) is 10.6 Å². The molecule has 5 N–H and O–H groups in total. The minimum absolute atomic E-state index is 0.0215. The van der Waals surface area contributed by atoms with Crippen LogP contribution in [0.25, 0.3) is 28.0 Å². The van der Waals surface area contributed by atoms with Crippen LogP contribution in [0.3, 0.4) is 0 Å². The van der Waals surface area contributed by atoms with E-state index in [9.17, 15) is 29.4 Å². The molecule has 412 valence electrons.